The van der Waals surface area contributed by atoms with Crippen LogP contribution >= 0.6 is 0 Å². The van der Waals surface area contributed by atoms with Crippen LogP contribution in [0, 0.1) is 0 Å². The van der Waals surface area contributed by atoms with E-state index in [4.69, 9.17) is 0 Å². The molecule has 0 unspecified atom stereocenters. The highest BCUT2D eigenvalue weighted by Gasteiger charge is 2.27. The van der Waals surface area contributed by atoms with Crippen LogP contribution in [0.4, 0.5) is 0 Å². The van der Waals surface area contributed by atoms with Crippen LogP contribution in [-0.4, -0.2) is 10.7 Å². The highest BCUT2D eigenvalue weighted by molar-refractivity contribution is 5.12. The summed E-state index contributed by atoms with van der Waals surface area (Å²) < 4.78 is 0. The summed E-state index contributed by atoms with van der Waals surface area (Å²) in [5.74, 6) is 0. The summed E-state index contributed by atoms with van der Waals surface area (Å²) >= 11 is 0. The summed E-state index contributed by atoms with van der Waals surface area (Å²) in [6.07, 6.45) is 14.4. The molecule has 0 aromatic heterocycles. The lowest BCUT2D eigenvalue weighted by Gasteiger charge is -2.29. The SMILES string of the molecule is C/C=C(\C)C1(O)CCCCCCCCCC1. The Labute approximate surface area is 101 Å². The van der Waals surface area contributed by atoms with Crippen molar-refractivity contribution in [2.45, 2.75) is 83.7 Å². The van der Waals surface area contributed by atoms with Gasteiger partial charge in [-0.05, 0) is 32.3 Å². The summed E-state index contributed by atoms with van der Waals surface area (Å²) in [6, 6.07) is 0. The first kappa shape index (κ1) is 13.8. The van der Waals surface area contributed by atoms with Crippen molar-refractivity contribution < 1.29 is 5.11 Å². The second kappa shape index (κ2) is 7.11. The topological polar surface area (TPSA) is 20.2 Å². The van der Waals surface area contributed by atoms with E-state index in [1.807, 2.05) is 6.92 Å². The standard InChI is InChI=1S/C15H28O/c1-3-14(2)15(16)12-10-8-6-4-5-7-9-11-13-15/h3,16H,4-13H2,1-2H3/b14-3+. The van der Waals surface area contributed by atoms with E-state index in [2.05, 4.69) is 13.0 Å². The lowest BCUT2D eigenvalue weighted by atomic mass is 9.84. The highest BCUT2D eigenvalue weighted by Crippen LogP contribution is 2.30. The minimum Gasteiger partial charge on any atom is -0.386 e. The van der Waals surface area contributed by atoms with Crippen LogP contribution in [0.5, 0.6) is 0 Å². The Balaban J connectivity index is 2.57. The summed E-state index contributed by atoms with van der Waals surface area (Å²) in [5, 5.41) is 10.7. The van der Waals surface area contributed by atoms with Gasteiger partial charge in [-0.15, -0.1) is 0 Å². The molecule has 1 aliphatic carbocycles. The molecule has 0 bridgehead atoms. The van der Waals surface area contributed by atoms with Crippen molar-refractivity contribution in [1.29, 1.82) is 0 Å². The molecule has 1 saturated carbocycles. The fourth-order valence-corrected chi connectivity index (χ4v) is 2.68. The van der Waals surface area contributed by atoms with Crippen molar-refractivity contribution in [2.75, 3.05) is 0 Å². The molecule has 1 rings (SSSR count). The molecule has 0 saturated heterocycles. The fraction of sp³-hybridized carbons (Fsp3) is 0.867. The van der Waals surface area contributed by atoms with Crippen molar-refractivity contribution in [3.05, 3.63) is 11.6 Å². The van der Waals surface area contributed by atoms with Crippen LogP contribution in [0.2, 0.25) is 0 Å². The van der Waals surface area contributed by atoms with Crippen molar-refractivity contribution in [2.24, 2.45) is 0 Å². The number of rotatable bonds is 1. The number of allylic oxidation sites excluding steroid dienone is 1. The molecule has 16 heavy (non-hydrogen) atoms. The smallest absolute Gasteiger partial charge is 0.0854 e. The molecule has 1 aliphatic rings. The predicted molar refractivity (Wildman–Crippen MR) is 70.6 cm³/mol. The van der Waals surface area contributed by atoms with Crippen molar-refractivity contribution in [3.8, 4) is 0 Å². The zero-order chi connectivity index (χ0) is 11.9. The Morgan fingerprint density at radius 3 is 1.62 bits per heavy atom. The molecular weight excluding hydrogens is 196 g/mol. The number of hydrogen-bond donors (Lipinski definition) is 1. The van der Waals surface area contributed by atoms with Gasteiger partial charge >= 0.3 is 0 Å². The van der Waals surface area contributed by atoms with E-state index in [0.717, 1.165) is 12.8 Å². The maximum absolute atomic E-state index is 10.7. The van der Waals surface area contributed by atoms with Crippen LogP contribution in [0.25, 0.3) is 0 Å². The lowest BCUT2D eigenvalue weighted by molar-refractivity contribution is 0.0545. The van der Waals surface area contributed by atoms with Gasteiger partial charge in [-0.3, -0.25) is 0 Å². The van der Waals surface area contributed by atoms with Gasteiger partial charge in [0.2, 0.25) is 0 Å². The van der Waals surface area contributed by atoms with Gasteiger partial charge in [-0.2, -0.15) is 0 Å². The third-order valence-electron chi connectivity index (χ3n) is 4.10. The molecule has 0 aromatic rings. The largest absolute Gasteiger partial charge is 0.386 e. The minimum absolute atomic E-state index is 0.501. The molecule has 0 heterocycles. The Morgan fingerprint density at radius 2 is 1.25 bits per heavy atom. The lowest BCUT2D eigenvalue weighted by Crippen LogP contribution is -2.30. The van der Waals surface area contributed by atoms with Gasteiger partial charge in [0, 0.05) is 0 Å². The molecule has 1 nitrogen and oxygen atoms in total. The van der Waals surface area contributed by atoms with Crippen LogP contribution in [0.15, 0.2) is 11.6 Å². The van der Waals surface area contributed by atoms with Gasteiger partial charge in [0.05, 0.1) is 5.60 Å². The summed E-state index contributed by atoms with van der Waals surface area (Å²) in [5.41, 5.74) is 0.672. The number of aliphatic hydroxyl groups is 1. The molecule has 0 spiro atoms. The van der Waals surface area contributed by atoms with Gasteiger partial charge in [-0.1, -0.05) is 57.4 Å². The van der Waals surface area contributed by atoms with Gasteiger partial charge in [0.15, 0.2) is 0 Å². The number of hydrogen-bond acceptors (Lipinski definition) is 1. The monoisotopic (exact) mass is 224 g/mol. The quantitative estimate of drug-likeness (QED) is 0.645. The first-order valence-electron chi connectivity index (χ1n) is 7.05. The van der Waals surface area contributed by atoms with Crippen LogP contribution < -0.4 is 0 Å². The predicted octanol–water partition coefficient (Wildman–Crippen LogP) is 4.60. The first-order chi connectivity index (χ1) is 7.69. The summed E-state index contributed by atoms with van der Waals surface area (Å²) in [4.78, 5) is 0. The second-order valence-corrected chi connectivity index (χ2v) is 5.33. The van der Waals surface area contributed by atoms with Gasteiger partial charge in [-0.25, -0.2) is 0 Å². The Morgan fingerprint density at radius 1 is 0.875 bits per heavy atom. The fourth-order valence-electron chi connectivity index (χ4n) is 2.68. The van der Waals surface area contributed by atoms with Gasteiger partial charge < -0.3 is 5.11 Å². The summed E-state index contributed by atoms with van der Waals surface area (Å²) in [6.45, 7) is 4.12. The molecule has 94 valence electrons. The van der Waals surface area contributed by atoms with Crippen molar-refractivity contribution in [1.82, 2.24) is 0 Å². The second-order valence-electron chi connectivity index (χ2n) is 5.33. The van der Waals surface area contributed by atoms with Gasteiger partial charge in [0.1, 0.15) is 0 Å². The summed E-state index contributed by atoms with van der Waals surface area (Å²) in [7, 11) is 0. The van der Waals surface area contributed by atoms with E-state index in [9.17, 15) is 5.11 Å². The van der Waals surface area contributed by atoms with Crippen molar-refractivity contribution in [3.63, 3.8) is 0 Å². The Bertz CT molecular complexity index is 205. The molecule has 1 N–H and O–H groups in total. The average Bonchev–Trinajstić information content (AvgIpc) is 2.34. The highest BCUT2D eigenvalue weighted by atomic mass is 16.3. The van der Waals surface area contributed by atoms with E-state index < -0.39 is 5.60 Å². The molecule has 0 amide bonds. The normalized spacial score (nSPS) is 24.8. The van der Waals surface area contributed by atoms with Crippen molar-refractivity contribution >= 4 is 0 Å². The first-order valence-corrected chi connectivity index (χ1v) is 7.05. The molecule has 0 atom stereocenters. The Kier molecular flexibility index (Phi) is 6.12. The molecule has 1 heteroatoms. The third-order valence-corrected chi connectivity index (χ3v) is 4.10. The van der Waals surface area contributed by atoms with E-state index >= 15 is 0 Å². The van der Waals surface area contributed by atoms with Crippen LogP contribution in [0.3, 0.4) is 0 Å². The van der Waals surface area contributed by atoms with E-state index in [1.54, 1.807) is 0 Å². The molecule has 0 aliphatic heterocycles. The maximum atomic E-state index is 10.7. The van der Waals surface area contributed by atoms with Crippen LogP contribution in [-0.2, 0) is 0 Å². The molecule has 0 aromatic carbocycles. The van der Waals surface area contributed by atoms with E-state index in [1.165, 1.54) is 56.9 Å². The van der Waals surface area contributed by atoms with E-state index in [-0.39, 0.29) is 0 Å². The Hall–Kier alpha value is -0.300. The average molecular weight is 224 g/mol. The van der Waals surface area contributed by atoms with Gasteiger partial charge in [0.25, 0.3) is 0 Å². The minimum atomic E-state index is -0.501. The molecule has 1 fully saturated rings. The zero-order valence-corrected chi connectivity index (χ0v) is 11.1. The zero-order valence-electron chi connectivity index (χ0n) is 11.1. The third kappa shape index (κ3) is 4.29. The van der Waals surface area contributed by atoms with Crippen LogP contribution in [0.1, 0.15) is 78.1 Å². The molecular formula is C15H28O. The van der Waals surface area contributed by atoms with E-state index in [0.29, 0.717) is 0 Å². The molecule has 0 radical (unpaired) electrons. The maximum Gasteiger partial charge on any atom is 0.0854 e.